The van der Waals surface area contributed by atoms with Crippen molar-refractivity contribution in [1.82, 2.24) is 4.57 Å². The SMILES string of the molecule is c1ccc(-c2ccc(-n3c4ccccc4c4ccc(N(c5ccc(-c6ccc7c(ccc8ccccc87)c6)cc5)c5ccc6oc7ccccc7c6c5)cc43)cc2)cc1. The van der Waals surface area contributed by atoms with Crippen LogP contribution in [0, 0.1) is 0 Å². The molecule has 0 radical (unpaired) electrons. The minimum absolute atomic E-state index is 0.879. The zero-order chi connectivity index (χ0) is 38.9. The van der Waals surface area contributed by atoms with E-state index in [9.17, 15) is 0 Å². The van der Waals surface area contributed by atoms with Crippen molar-refractivity contribution in [3.63, 3.8) is 0 Å². The quantitative estimate of drug-likeness (QED) is 0.158. The molecule has 0 bridgehead atoms. The number of hydrogen-bond donors (Lipinski definition) is 0. The van der Waals surface area contributed by atoms with Crippen molar-refractivity contribution >= 4 is 82.4 Å². The molecule has 0 aliphatic heterocycles. The third-order valence-corrected chi connectivity index (χ3v) is 12.0. The predicted molar refractivity (Wildman–Crippen MR) is 249 cm³/mol. The minimum atomic E-state index is 0.879. The molecule has 0 N–H and O–H groups in total. The molecule has 0 aliphatic rings. The first kappa shape index (κ1) is 33.3. The van der Waals surface area contributed by atoms with E-state index in [1.54, 1.807) is 0 Å². The van der Waals surface area contributed by atoms with Gasteiger partial charge in [-0.15, -0.1) is 0 Å². The molecule has 0 unspecified atom stereocenters. The van der Waals surface area contributed by atoms with Gasteiger partial charge in [0.1, 0.15) is 11.2 Å². The van der Waals surface area contributed by atoms with Crippen LogP contribution in [0.15, 0.2) is 223 Å². The monoisotopic (exact) mass is 752 g/mol. The molecule has 276 valence electrons. The molecule has 0 fully saturated rings. The maximum absolute atomic E-state index is 6.29. The standard InChI is InChI=1S/C56H36N2O/c1-2-10-37(11-3-1)38-20-27-44(28-21-38)58-53-16-8-6-14-49(53)50-32-29-46(36-54(50)58)57(45-30-33-56-52(35-45)51-15-7-9-17-55(51)59-56)43-25-22-39(23-26-43)41-24-31-48-42(34-41)19-18-40-12-4-5-13-47(40)48/h1-36H. The molecule has 0 saturated carbocycles. The van der Waals surface area contributed by atoms with Gasteiger partial charge >= 0.3 is 0 Å². The van der Waals surface area contributed by atoms with Gasteiger partial charge in [0.2, 0.25) is 0 Å². The lowest BCUT2D eigenvalue weighted by Crippen LogP contribution is -2.10. The summed E-state index contributed by atoms with van der Waals surface area (Å²) in [6, 6.07) is 78.9. The number of furan rings is 1. The van der Waals surface area contributed by atoms with E-state index in [4.69, 9.17) is 4.42 Å². The average Bonchev–Trinajstić information content (AvgIpc) is 3.85. The topological polar surface area (TPSA) is 21.3 Å². The molecule has 10 aromatic carbocycles. The van der Waals surface area contributed by atoms with Gasteiger partial charge in [0, 0.05) is 44.3 Å². The molecule has 12 aromatic rings. The zero-order valence-corrected chi connectivity index (χ0v) is 32.1. The number of anilines is 3. The fourth-order valence-electron chi connectivity index (χ4n) is 9.11. The van der Waals surface area contributed by atoms with E-state index in [0.717, 1.165) is 50.2 Å². The van der Waals surface area contributed by atoms with Crippen LogP contribution in [0.3, 0.4) is 0 Å². The Morgan fingerprint density at radius 2 is 0.864 bits per heavy atom. The molecule has 0 saturated heterocycles. The first-order valence-electron chi connectivity index (χ1n) is 20.2. The average molecular weight is 753 g/mol. The molecule has 59 heavy (non-hydrogen) atoms. The fourth-order valence-corrected chi connectivity index (χ4v) is 9.11. The van der Waals surface area contributed by atoms with Gasteiger partial charge < -0.3 is 13.9 Å². The Bertz CT molecular complexity index is 3540. The van der Waals surface area contributed by atoms with Crippen molar-refractivity contribution in [3.8, 4) is 27.9 Å². The molecular formula is C56H36N2O. The Morgan fingerprint density at radius 1 is 0.305 bits per heavy atom. The summed E-state index contributed by atoms with van der Waals surface area (Å²) in [5.74, 6) is 0. The van der Waals surface area contributed by atoms with Crippen LogP contribution in [0.1, 0.15) is 0 Å². The van der Waals surface area contributed by atoms with Crippen molar-refractivity contribution in [1.29, 1.82) is 0 Å². The molecule has 0 aliphatic carbocycles. The third kappa shape index (κ3) is 5.51. The second-order valence-electron chi connectivity index (χ2n) is 15.4. The number of benzene rings is 10. The van der Waals surface area contributed by atoms with E-state index in [-0.39, 0.29) is 0 Å². The lowest BCUT2D eigenvalue weighted by Gasteiger charge is -2.26. The summed E-state index contributed by atoms with van der Waals surface area (Å²) in [5, 5.41) is 9.71. The molecular weight excluding hydrogens is 717 g/mol. The maximum Gasteiger partial charge on any atom is 0.135 e. The molecule has 2 heterocycles. The highest BCUT2D eigenvalue weighted by atomic mass is 16.3. The molecule has 0 atom stereocenters. The summed E-state index contributed by atoms with van der Waals surface area (Å²) in [6.45, 7) is 0. The first-order valence-corrected chi connectivity index (χ1v) is 20.2. The van der Waals surface area contributed by atoms with Crippen LogP contribution >= 0.6 is 0 Å². The summed E-state index contributed by atoms with van der Waals surface area (Å²) in [5.41, 5.74) is 13.2. The summed E-state index contributed by atoms with van der Waals surface area (Å²) in [4.78, 5) is 2.37. The van der Waals surface area contributed by atoms with Gasteiger partial charge in [0.25, 0.3) is 0 Å². The van der Waals surface area contributed by atoms with Gasteiger partial charge in [0.05, 0.1) is 11.0 Å². The number of aromatic nitrogens is 1. The summed E-state index contributed by atoms with van der Waals surface area (Å²) in [7, 11) is 0. The van der Waals surface area contributed by atoms with Crippen LogP contribution in [0.5, 0.6) is 0 Å². The third-order valence-electron chi connectivity index (χ3n) is 12.0. The molecule has 0 amide bonds. The minimum Gasteiger partial charge on any atom is -0.456 e. The van der Waals surface area contributed by atoms with Crippen LogP contribution in [-0.4, -0.2) is 4.57 Å². The largest absolute Gasteiger partial charge is 0.456 e. The van der Waals surface area contributed by atoms with Gasteiger partial charge in [-0.2, -0.15) is 0 Å². The van der Waals surface area contributed by atoms with E-state index in [2.05, 4.69) is 216 Å². The lowest BCUT2D eigenvalue weighted by atomic mass is 9.97. The van der Waals surface area contributed by atoms with Crippen LogP contribution in [0.4, 0.5) is 17.1 Å². The summed E-state index contributed by atoms with van der Waals surface area (Å²) in [6.07, 6.45) is 0. The number of rotatable bonds is 6. The molecule has 3 heteroatoms. The second-order valence-corrected chi connectivity index (χ2v) is 15.4. The highest BCUT2D eigenvalue weighted by Crippen LogP contribution is 2.42. The maximum atomic E-state index is 6.29. The smallest absolute Gasteiger partial charge is 0.135 e. The van der Waals surface area contributed by atoms with Crippen LogP contribution in [0.25, 0.3) is 93.2 Å². The Labute approximate surface area is 341 Å². The summed E-state index contributed by atoms with van der Waals surface area (Å²) >= 11 is 0. The first-order chi connectivity index (χ1) is 29.2. The van der Waals surface area contributed by atoms with E-state index >= 15 is 0 Å². The molecule has 12 rings (SSSR count). The number of nitrogens with zero attached hydrogens (tertiary/aromatic N) is 2. The number of hydrogen-bond acceptors (Lipinski definition) is 2. The lowest BCUT2D eigenvalue weighted by molar-refractivity contribution is 0.669. The van der Waals surface area contributed by atoms with Crippen molar-refractivity contribution in [2.75, 3.05) is 4.90 Å². The van der Waals surface area contributed by atoms with Gasteiger partial charge in [-0.1, -0.05) is 146 Å². The van der Waals surface area contributed by atoms with Crippen molar-refractivity contribution in [2.24, 2.45) is 0 Å². The van der Waals surface area contributed by atoms with Gasteiger partial charge in [0.15, 0.2) is 0 Å². The van der Waals surface area contributed by atoms with Gasteiger partial charge in [-0.3, -0.25) is 0 Å². The summed E-state index contributed by atoms with van der Waals surface area (Å²) < 4.78 is 8.69. The van der Waals surface area contributed by atoms with Crippen LogP contribution in [-0.2, 0) is 0 Å². The van der Waals surface area contributed by atoms with Crippen molar-refractivity contribution < 1.29 is 4.42 Å². The number of fused-ring (bicyclic) bond motifs is 9. The van der Waals surface area contributed by atoms with E-state index in [0.29, 0.717) is 0 Å². The normalized spacial score (nSPS) is 11.7. The Balaban J connectivity index is 1.02. The second kappa shape index (κ2) is 13.4. The van der Waals surface area contributed by atoms with Crippen molar-refractivity contribution in [2.45, 2.75) is 0 Å². The fraction of sp³-hybridized carbons (Fsp3) is 0. The molecule has 0 spiro atoms. The molecule has 3 nitrogen and oxygen atoms in total. The highest BCUT2D eigenvalue weighted by Gasteiger charge is 2.19. The van der Waals surface area contributed by atoms with Crippen LogP contribution in [0.2, 0.25) is 0 Å². The zero-order valence-electron chi connectivity index (χ0n) is 32.1. The Morgan fingerprint density at radius 3 is 1.73 bits per heavy atom. The van der Waals surface area contributed by atoms with E-state index < -0.39 is 0 Å². The van der Waals surface area contributed by atoms with Crippen LogP contribution < -0.4 is 4.90 Å². The Kier molecular flexibility index (Phi) is 7.54. The molecule has 2 aromatic heterocycles. The number of para-hydroxylation sites is 2. The van der Waals surface area contributed by atoms with E-state index in [1.165, 1.54) is 60.1 Å². The van der Waals surface area contributed by atoms with Crippen molar-refractivity contribution in [3.05, 3.63) is 218 Å². The van der Waals surface area contributed by atoms with E-state index in [1.807, 2.05) is 12.1 Å². The highest BCUT2D eigenvalue weighted by molar-refractivity contribution is 6.11. The predicted octanol–water partition coefficient (Wildman–Crippen LogP) is 15.8. The Hall–Kier alpha value is -7.88. The van der Waals surface area contributed by atoms with Gasteiger partial charge in [-0.05, 0) is 117 Å². The van der Waals surface area contributed by atoms with Gasteiger partial charge in [-0.25, -0.2) is 0 Å².